The Morgan fingerprint density at radius 3 is 2.59 bits per heavy atom. The lowest BCUT2D eigenvalue weighted by Crippen LogP contribution is -2.46. The van der Waals surface area contributed by atoms with E-state index in [4.69, 9.17) is 21.9 Å². The van der Waals surface area contributed by atoms with E-state index in [0.29, 0.717) is 39.3 Å². The average Bonchev–Trinajstić information content (AvgIpc) is 2.90. The van der Waals surface area contributed by atoms with Crippen LogP contribution in [0.2, 0.25) is 0 Å². The summed E-state index contributed by atoms with van der Waals surface area (Å²) in [7, 11) is 1.64. The minimum absolute atomic E-state index is 0.0116. The molecular weight excluding hydrogens is 408 g/mol. The summed E-state index contributed by atoms with van der Waals surface area (Å²) in [6.45, 7) is 7.17. The van der Waals surface area contributed by atoms with E-state index in [1.807, 2.05) is 32.9 Å². The van der Waals surface area contributed by atoms with Crippen LogP contribution in [0.25, 0.3) is 11.7 Å². The molecule has 0 bridgehead atoms. The number of anilines is 1. The van der Waals surface area contributed by atoms with Gasteiger partial charge in [0.05, 0.1) is 22.7 Å². The SMILES string of the molecule is Cc1cccn2c(=O)c(/C=C3\SC(=S)N(C)C3=O)c(N3CC(C)OC(C)C3)nc12. The monoisotopic (exact) mass is 430 g/mol. The summed E-state index contributed by atoms with van der Waals surface area (Å²) in [5.41, 5.74) is 1.70. The fraction of sp³-hybridized carbons (Fsp3) is 0.400. The van der Waals surface area contributed by atoms with Gasteiger partial charge >= 0.3 is 0 Å². The number of thioether (sulfide) groups is 1. The molecule has 2 unspecified atom stereocenters. The topological polar surface area (TPSA) is 67.2 Å². The van der Waals surface area contributed by atoms with E-state index in [9.17, 15) is 9.59 Å². The van der Waals surface area contributed by atoms with Gasteiger partial charge in [0.15, 0.2) is 0 Å². The molecule has 29 heavy (non-hydrogen) atoms. The maximum atomic E-state index is 13.4. The number of thiocarbonyl (C=S) groups is 1. The summed E-state index contributed by atoms with van der Waals surface area (Å²) in [5, 5.41) is 0. The Kier molecular flexibility index (Phi) is 5.22. The van der Waals surface area contributed by atoms with Gasteiger partial charge in [0, 0.05) is 26.3 Å². The molecule has 0 aliphatic carbocycles. The number of rotatable bonds is 2. The van der Waals surface area contributed by atoms with Crippen molar-refractivity contribution in [3.05, 3.63) is 44.7 Å². The number of carbonyl (C=O) groups excluding carboxylic acids is 1. The minimum atomic E-state index is -0.207. The molecule has 0 aromatic carbocycles. The van der Waals surface area contributed by atoms with Crippen LogP contribution >= 0.6 is 24.0 Å². The van der Waals surface area contributed by atoms with Gasteiger partial charge in [0.2, 0.25) is 0 Å². The first-order valence-electron chi connectivity index (χ1n) is 9.40. The van der Waals surface area contributed by atoms with Crippen molar-refractivity contribution in [2.75, 3.05) is 25.0 Å². The van der Waals surface area contributed by atoms with E-state index in [0.717, 1.165) is 5.56 Å². The maximum absolute atomic E-state index is 13.4. The number of likely N-dealkylation sites (N-methyl/N-ethyl adjacent to an activating group) is 1. The predicted molar refractivity (Wildman–Crippen MR) is 119 cm³/mol. The molecule has 0 saturated carbocycles. The number of nitrogens with zero attached hydrogens (tertiary/aromatic N) is 4. The Bertz CT molecular complexity index is 1100. The summed E-state index contributed by atoms with van der Waals surface area (Å²) in [6, 6.07) is 3.75. The number of pyridine rings is 1. The summed E-state index contributed by atoms with van der Waals surface area (Å²) in [6.07, 6.45) is 3.36. The van der Waals surface area contributed by atoms with Crippen molar-refractivity contribution >= 4 is 51.7 Å². The van der Waals surface area contributed by atoms with Crippen LogP contribution < -0.4 is 10.5 Å². The fourth-order valence-corrected chi connectivity index (χ4v) is 4.86. The second-order valence-electron chi connectivity index (χ2n) is 7.44. The highest BCUT2D eigenvalue weighted by Gasteiger charge is 2.31. The number of hydrogen-bond donors (Lipinski definition) is 0. The van der Waals surface area contributed by atoms with Crippen molar-refractivity contribution < 1.29 is 9.53 Å². The number of ether oxygens (including phenoxy) is 1. The summed E-state index contributed by atoms with van der Waals surface area (Å²) in [5.74, 6) is 0.371. The van der Waals surface area contributed by atoms with Gasteiger partial charge in [0.1, 0.15) is 15.8 Å². The number of morpholine rings is 1. The Hall–Kier alpha value is -2.23. The largest absolute Gasteiger partial charge is 0.372 e. The third-order valence-electron chi connectivity index (χ3n) is 5.05. The number of aromatic nitrogens is 2. The highest BCUT2D eigenvalue weighted by Crippen LogP contribution is 2.33. The van der Waals surface area contributed by atoms with Gasteiger partial charge in [-0.15, -0.1) is 0 Å². The first kappa shape index (κ1) is 20.1. The molecule has 0 spiro atoms. The Balaban J connectivity index is 1.94. The van der Waals surface area contributed by atoms with Crippen LogP contribution in [-0.4, -0.2) is 56.9 Å². The molecule has 4 rings (SSSR count). The molecule has 2 fully saturated rings. The molecule has 2 aliphatic rings. The molecule has 2 aliphatic heterocycles. The predicted octanol–water partition coefficient (Wildman–Crippen LogP) is 2.45. The second kappa shape index (κ2) is 7.55. The lowest BCUT2D eigenvalue weighted by atomic mass is 10.1. The standard InChI is InChI=1S/C20H22N4O3S2/c1-11-6-5-7-24-16(11)21-17(23-9-12(2)27-13(3)10-23)14(18(24)25)8-15-19(26)22(4)20(28)29-15/h5-8,12-13H,9-10H2,1-4H3/b15-8-. The molecule has 2 aromatic heterocycles. The zero-order valence-electron chi connectivity index (χ0n) is 16.7. The molecule has 2 atom stereocenters. The number of aryl methyl sites for hydroxylation is 1. The van der Waals surface area contributed by atoms with E-state index >= 15 is 0 Å². The number of amides is 1. The molecule has 0 radical (unpaired) electrons. The van der Waals surface area contributed by atoms with Crippen LogP contribution in [-0.2, 0) is 9.53 Å². The van der Waals surface area contributed by atoms with E-state index < -0.39 is 0 Å². The molecule has 9 heteroatoms. The van der Waals surface area contributed by atoms with Crippen molar-refractivity contribution in [3.8, 4) is 0 Å². The lowest BCUT2D eigenvalue weighted by molar-refractivity contribution is -0.121. The molecule has 0 N–H and O–H groups in total. The third-order valence-corrected chi connectivity index (χ3v) is 6.53. The van der Waals surface area contributed by atoms with Crippen LogP contribution in [0.4, 0.5) is 5.82 Å². The minimum Gasteiger partial charge on any atom is -0.372 e. The van der Waals surface area contributed by atoms with Crippen LogP contribution in [0, 0.1) is 6.92 Å². The van der Waals surface area contributed by atoms with Crippen LogP contribution in [0.3, 0.4) is 0 Å². The first-order chi connectivity index (χ1) is 13.8. The molecule has 1 amide bonds. The molecule has 2 saturated heterocycles. The van der Waals surface area contributed by atoms with Crippen molar-refractivity contribution in [2.45, 2.75) is 33.0 Å². The van der Waals surface area contributed by atoms with Crippen LogP contribution in [0.5, 0.6) is 0 Å². The molecule has 7 nitrogen and oxygen atoms in total. The van der Waals surface area contributed by atoms with Gasteiger partial charge in [-0.25, -0.2) is 4.98 Å². The van der Waals surface area contributed by atoms with Crippen molar-refractivity contribution in [1.82, 2.24) is 14.3 Å². The van der Waals surface area contributed by atoms with Crippen molar-refractivity contribution in [1.29, 1.82) is 0 Å². The Labute approximate surface area is 178 Å². The van der Waals surface area contributed by atoms with E-state index in [1.54, 1.807) is 19.3 Å². The smallest absolute Gasteiger partial charge is 0.267 e. The summed E-state index contributed by atoms with van der Waals surface area (Å²) in [4.78, 5) is 34.7. The zero-order chi connectivity index (χ0) is 20.9. The number of fused-ring (bicyclic) bond motifs is 1. The van der Waals surface area contributed by atoms with E-state index in [1.165, 1.54) is 21.1 Å². The van der Waals surface area contributed by atoms with Gasteiger partial charge in [0.25, 0.3) is 11.5 Å². The van der Waals surface area contributed by atoms with E-state index in [2.05, 4.69) is 4.90 Å². The molecular formula is C20H22N4O3S2. The zero-order valence-corrected chi connectivity index (χ0v) is 18.3. The van der Waals surface area contributed by atoms with Gasteiger partial charge < -0.3 is 9.64 Å². The highest BCUT2D eigenvalue weighted by molar-refractivity contribution is 8.26. The molecule has 2 aromatic rings. The quantitative estimate of drug-likeness (QED) is 0.536. The van der Waals surface area contributed by atoms with Crippen molar-refractivity contribution in [3.63, 3.8) is 0 Å². The fourth-order valence-electron chi connectivity index (χ4n) is 3.70. The molecule has 4 heterocycles. The van der Waals surface area contributed by atoms with Crippen molar-refractivity contribution in [2.24, 2.45) is 0 Å². The maximum Gasteiger partial charge on any atom is 0.267 e. The van der Waals surface area contributed by atoms with Gasteiger partial charge in [-0.2, -0.15) is 0 Å². The number of carbonyl (C=O) groups is 1. The summed E-state index contributed by atoms with van der Waals surface area (Å²) < 4.78 is 7.85. The summed E-state index contributed by atoms with van der Waals surface area (Å²) >= 11 is 6.43. The van der Waals surface area contributed by atoms with E-state index in [-0.39, 0.29) is 23.7 Å². The lowest BCUT2D eigenvalue weighted by Gasteiger charge is -2.36. The highest BCUT2D eigenvalue weighted by atomic mass is 32.2. The van der Waals surface area contributed by atoms with Gasteiger partial charge in [-0.3, -0.25) is 18.9 Å². The second-order valence-corrected chi connectivity index (χ2v) is 9.12. The van der Waals surface area contributed by atoms with Crippen LogP contribution in [0.15, 0.2) is 28.0 Å². The first-order valence-corrected chi connectivity index (χ1v) is 10.6. The third kappa shape index (κ3) is 3.58. The van der Waals surface area contributed by atoms with Gasteiger partial charge in [-0.05, 0) is 38.5 Å². The normalized spacial score (nSPS) is 24.2. The Morgan fingerprint density at radius 2 is 1.97 bits per heavy atom. The Morgan fingerprint density at radius 1 is 1.28 bits per heavy atom. The number of hydrogen-bond acceptors (Lipinski definition) is 7. The average molecular weight is 431 g/mol. The van der Waals surface area contributed by atoms with Crippen LogP contribution in [0.1, 0.15) is 25.0 Å². The van der Waals surface area contributed by atoms with Gasteiger partial charge in [-0.1, -0.05) is 30.0 Å². The molecule has 152 valence electrons.